The molecule has 20 heavy (non-hydrogen) atoms. The topological polar surface area (TPSA) is 49.3 Å². The third kappa shape index (κ3) is 3.39. The van der Waals surface area contributed by atoms with Crippen LogP contribution in [0.1, 0.15) is 27.0 Å². The molecule has 0 amide bonds. The van der Waals surface area contributed by atoms with Gasteiger partial charge in [0, 0.05) is 16.7 Å². The molecule has 2 aromatic carbocycles. The summed E-state index contributed by atoms with van der Waals surface area (Å²) < 4.78 is 1.09. The minimum Gasteiger partial charge on any atom is -0.478 e. The molecular formula is C16H16BrNO2. The van der Waals surface area contributed by atoms with E-state index < -0.39 is 5.97 Å². The number of aromatic carboxylic acids is 1. The van der Waals surface area contributed by atoms with Gasteiger partial charge >= 0.3 is 5.97 Å². The molecular weight excluding hydrogens is 318 g/mol. The van der Waals surface area contributed by atoms with Crippen molar-refractivity contribution in [2.24, 2.45) is 0 Å². The van der Waals surface area contributed by atoms with Crippen molar-refractivity contribution >= 4 is 27.6 Å². The molecule has 0 aliphatic carbocycles. The molecule has 4 heteroatoms. The minimum absolute atomic E-state index is 0.296. The first-order chi connectivity index (χ1) is 9.47. The van der Waals surface area contributed by atoms with Gasteiger partial charge in [0.2, 0.25) is 0 Å². The van der Waals surface area contributed by atoms with E-state index in [1.54, 1.807) is 12.1 Å². The van der Waals surface area contributed by atoms with Crippen LogP contribution >= 0.6 is 15.9 Å². The fourth-order valence-corrected chi connectivity index (χ4v) is 2.21. The van der Waals surface area contributed by atoms with Crippen molar-refractivity contribution in [2.45, 2.75) is 20.4 Å². The molecule has 0 saturated heterocycles. The lowest BCUT2D eigenvalue weighted by atomic mass is 10.1. The Morgan fingerprint density at radius 1 is 1.15 bits per heavy atom. The summed E-state index contributed by atoms with van der Waals surface area (Å²) in [6.45, 7) is 4.67. The predicted molar refractivity (Wildman–Crippen MR) is 84.3 cm³/mol. The Morgan fingerprint density at radius 2 is 1.90 bits per heavy atom. The Balaban J connectivity index is 2.15. The van der Waals surface area contributed by atoms with Crippen molar-refractivity contribution in [1.82, 2.24) is 0 Å². The summed E-state index contributed by atoms with van der Waals surface area (Å²) in [5, 5.41) is 12.3. The van der Waals surface area contributed by atoms with E-state index in [4.69, 9.17) is 5.11 Å². The van der Waals surface area contributed by atoms with Crippen molar-refractivity contribution in [2.75, 3.05) is 5.32 Å². The van der Waals surface area contributed by atoms with Gasteiger partial charge in [0.15, 0.2) is 0 Å². The van der Waals surface area contributed by atoms with Gasteiger partial charge < -0.3 is 10.4 Å². The minimum atomic E-state index is -0.910. The van der Waals surface area contributed by atoms with Gasteiger partial charge in [-0.25, -0.2) is 4.79 Å². The van der Waals surface area contributed by atoms with Crippen LogP contribution in [-0.4, -0.2) is 11.1 Å². The van der Waals surface area contributed by atoms with Crippen molar-refractivity contribution < 1.29 is 9.90 Å². The molecule has 0 saturated carbocycles. The maximum absolute atomic E-state index is 11.0. The molecule has 2 aromatic rings. The number of nitrogens with one attached hydrogen (secondary N) is 1. The molecule has 0 aliphatic rings. The van der Waals surface area contributed by atoms with Gasteiger partial charge in [-0.2, -0.15) is 0 Å². The molecule has 3 nitrogen and oxygen atoms in total. The Bertz CT molecular complexity index is 653. The Kier molecular flexibility index (Phi) is 4.45. The lowest BCUT2D eigenvalue weighted by molar-refractivity contribution is 0.0697. The standard InChI is InChI=1S/C16H16BrNO2/c1-10-3-5-13(16(19)20)8-15(10)18-9-12-4-6-14(17)11(2)7-12/h3-8,18H,9H2,1-2H3,(H,19,20). The Labute approximate surface area is 126 Å². The van der Waals surface area contributed by atoms with E-state index >= 15 is 0 Å². The predicted octanol–water partition coefficient (Wildman–Crippen LogP) is 4.38. The molecule has 2 rings (SSSR count). The van der Waals surface area contributed by atoms with Gasteiger partial charge in [-0.1, -0.05) is 34.1 Å². The van der Waals surface area contributed by atoms with Crippen LogP contribution in [0.2, 0.25) is 0 Å². The second-order valence-electron chi connectivity index (χ2n) is 4.77. The van der Waals surface area contributed by atoms with Crippen LogP contribution in [0.5, 0.6) is 0 Å². The first kappa shape index (κ1) is 14.6. The zero-order chi connectivity index (χ0) is 14.7. The number of carbonyl (C=O) groups is 1. The second kappa shape index (κ2) is 6.09. The van der Waals surface area contributed by atoms with Gasteiger partial charge in [-0.05, 0) is 48.7 Å². The van der Waals surface area contributed by atoms with Gasteiger partial charge in [-0.3, -0.25) is 0 Å². The van der Waals surface area contributed by atoms with Crippen LogP contribution in [-0.2, 0) is 6.54 Å². The number of aryl methyl sites for hydroxylation is 2. The summed E-state index contributed by atoms with van der Waals surface area (Å²) in [4.78, 5) is 11.0. The molecule has 0 unspecified atom stereocenters. The van der Waals surface area contributed by atoms with Crippen LogP contribution in [0, 0.1) is 13.8 Å². The number of benzene rings is 2. The highest BCUT2D eigenvalue weighted by atomic mass is 79.9. The third-order valence-electron chi connectivity index (χ3n) is 3.19. The maximum atomic E-state index is 11.0. The number of hydrogen-bond acceptors (Lipinski definition) is 2. The zero-order valence-electron chi connectivity index (χ0n) is 11.4. The maximum Gasteiger partial charge on any atom is 0.335 e. The molecule has 2 N–H and O–H groups in total. The highest BCUT2D eigenvalue weighted by Gasteiger charge is 2.06. The summed E-state index contributed by atoms with van der Waals surface area (Å²) in [6, 6.07) is 11.3. The number of halogens is 1. The van der Waals surface area contributed by atoms with Crippen LogP contribution in [0.15, 0.2) is 40.9 Å². The number of rotatable bonds is 4. The van der Waals surface area contributed by atoms with E-state index in [1.807, 2.05) is 32.0 Å². The van der Waals surface area contributed by atoms with Crippen LogP contribution < -0.4 is 5.32 Å². The quantitative estimate of drug-likeness (QED) is 0.873. The second-order valence-corrected chi connectivity index (χ2v) is 5.63. The molecule has 0 fully saturated rings. The van der Waals surface area contributed by atoms with Crippen LogP contribution in [0.3, 0.4) is 0 Å². The molecule has 104 valence electrons. The first-order valence-electron chi connectivity index (χ1n) is 6.30. The van der Waals surface area contributed by atoms with Crippen molar-refractivity contribution in [3.05, 3.63) is 63.1 Å². The molecule has 0 atom stereocenters. The van der Waals surface area contributed by atoms with E-state index in [-0.39, 0.29) is 0 Å². The zero-order valence-corrected chi connectivity index (χ0v) is 13.0. The number of carboxylic acid groups (broad SMARTS) is 1. The lowest BCUT2D eigenvalue weighted by Crippen LogP contribution is -2.04. The summed E-state index contributed by atoms with van der Waals surface area (Å²) in [5.74, 6) is -0.910. The highest BCUT2D eigenvalue weighted by molar-refractivity contribution is 9.10. The third-order valence-corrected chi connectivity index (χ3v) is 4.08. The monoisotopic (exact) mass is 333 g/mol. The van der Waals surface area contributed by atoms with Gasteiger partial charge in [0.05, 0.1) is 5.56 Å². The summed E-state index contributed by atoms with van der Waals surface area (Å²) in [7, 11) is 0. The molecule has 0 bridgehead atoms. The van der Waals surface area contributed by atoms with Gasteiger partial charge in [0.1, 0.15) is 0 Å². The fraction of sp³-hybridized carbons (Fsp3) is 0.188. The first-order valence-corrected chi connectivity index (χ1v) is 7.09. The molecule has 0 aromatic heterocycles. The van der Waals surface area contributed by atoms with Crippen molar-refractivity contribution in [3.63, 3.8) is 0 Å². The Morgan fingerprint density at radius 3 is 2.55 bits per heavy atom. The fourth-order valence-electron chi connectivity index (χ4n) is 1.96. The summed E-state index contributed by atoms with van der Waals surface area (Å²) >= 11 is 3.48. The number of carboxylic acids is 1. The van der Waals surface area contributed by atoms with E-state index in [0.717, 1.165) is 21.3 Å². The van der Waals surface area contributed by atoms with Crippen LogP contribution in [0.4, 0.5) is 5.69 Å². The summed E-state index contributed by atoms with van der Waals surface area (Å²) in [6.07, 6.45) is 0. The van der Waals surface area contributed by atoms with Crippen molar-refractivity contribution in [1.29, 1.82) is 0 Å². The molecule has 0 radical (unpaired) electrons. The molecule has 0 aliphatic heterocycles. The summed E-state index contributed by atoms with van der Waals surface area (Å²) in [5.41, 5.74) is 4.52. The van der Waals surface area contributed by atoms with E-state index in [1.165, 1.54) is 5.56 Å². The van der Waals surface area contributed by atoms with E-state index in [2.05, 4.69) is 27.3 Å². The molecule has 0 spiro atoms. The SMILES string of the molecule is Cc1cc(CNc2cc(C(=O)O)ccc2C)ccc1Br. The van der Waals surface area contributed by atoms with Crippen LogP contribution in [0.25, 0.3) is 0 Å². The normalized spacial score (nSPS) is 10.3. The average molecular weight is 334 g/mol. The smallest absolute Gasteiger partial charge is 0.335 e. The van der Waals surface area contributed by atoms with Gasteiger partial charge in [0.25, 0.3) is 0 Å². The highest BCUT2D eigenvalue weighted by Crippen LogP contribution is 2.20. The van der Waals surface area contributed by atoms with E-state index in [9.17, 15) is 4.79 Å². The largest absolute Gasteiger partial charge is 0.478 e. The number of hydrogen-bond donors (Lipinski definition) is 2. The van der Waals surface area contributed by atoms with Gasteiger partial charge in [-0.15, -0.1) is 0 Å². The van der Waals surface area contributed by atoms with E-state index in [0.29, 0.717) is 12.1 Å². The lowest BCUT2D eigenvalue weighted by Gasteiger charge is -2.11. The average Bonchev–Trinajstić information content (AvgIpc) is 2.41. The Hall–Kier alpha value is -1.81. The number of anilines is 1. The molecule has 0 heterocycles. The van der Waals surface area contributed by atoms with Crippen molar-refractivity contribution in [3.8, 4) is 0 Å².